The summed E-state index contributed by atoms with van der Waals surface area (Å²) in [6, 6.07) is 1.94. The first-order chi connectivity index (χ1) is 12.6. The van der Waals surface area contributed by atoms with Crippen molar-refractivity contribution in [2.45, 2.75) is 44.2 Å². The van der Waals surface area contributed by atoms with E-state index in [9.17, 15) is 0 Å². The average molecular weight is 490 g/mol. The van der Waals surface area contributed by atoms with Gasteiger partial charge in [-0.1, -0.05) is 24.4 Å². The molecule has 0 amide bonds. The van der Waals surface area contributed by atoms with E-state index in [1.54, 1.807) is 6.26 Å². The first kappa shape index (κ1) is 22.4. The molecule has 27 heavy (non-hydrogen) atoms. The Morgan fingerprint density at radius 3 is 2.48 bits per heavy atom. The lowest BCUT2D eigenvalue weighted by Gasteiger charge is -2.44. The Kier molecular flexibility index (Phi) is 8.81. The molecule has 3 rings (SSSR count). The monoisotopic (exact) mass is 490 g/mol. The lowest BCUT2D eigenvalue weighted by molar-refractivity contribution is 0.102. The second kappa shape index (κ2) is 10.6. The second-order valence-corrected chi connectivity index (χ2v) is 7.83. The summed E-state index contributed by atoms with van der Waals surface area (Å²) >= 11 is 0. The van der Waals surface area contributed by atoms with Crippen molar-refractivity contribution in [2.75, 3.05) is 53.9 Å². The molecule has 0 aromatic carbocycles. The summed E-state index contributed by atoms with van der Waals surface area (Å²) in [6.07, 6.45) is 8.23. The van der Waals surface area contributed by atoms with Gasteiger partial charge in [0, 0.05) is 57.9 Å². The van der Waals surface area contributed by atoms with Crippen LogP contribution in [0.4, 0.5) is 0 Å². The Morgan fingerprint density at radius 1 is 1.22 bits per heavy atom. The van der Waals surface area contributed by atoms with Crippen LogP contribution in [0.25, 0.3) is 0 Å². The van der Waals surface area contributed by atoms with E-state index in [2.05, 4.69) is 44.3 Å². The van der Waals surface area contributed by atoms with E-state index in [4.69, 9.17) is 4.52 Å². The smallest absolute Gasteiger partial charge is 0.193 e. The standard InChI is InChI=1S/C19H34N6O.HI/c1-20-18(21-16-19(23(2)3)8-5-4-6-9-19)25-12-10-24(11-13-25)15-17-7-14-26-22-17;/h7,14H,4-6,8-13,15-16H2,1-3H3,(H,20,21);1H. The van der Waals surface area contributed by atoms with Crippen LogP contribution in [-0.2, 0) is 6.54 Å². The fraction of sp³-hybridized carbons (Fsp3) is 0.789. The second-order valence-electron chi connectivity index (χ2n) is 7.83. The highest BCUT2D eigenvalue weighted by Gasteiger charge is 2.34. The number of rotatable bonds is 5. The van der Waals surface area contributed by atoms with Gasteiger partial charge in [-0.3, -0.25) is 9.89 Å². The highest BCUT2D eigenvalue weighted by atomic mass is 127. The van der Waals surface area contributed by atoms with Crippen molar-refractivity contribution in [3.8, 4) is 0 Å². The Hall–Kier alpha value is -0.870. The van der Waals surface area contributed by atoms with Gasteiger partial charge in [0.2, 0.25) is 0 Å². The summed E-state index contributed by atoms with van der Waals surface area (Å²) in [5.41, 5.74) is 1.27. The molecule has 0 atom stereocenters. The molecule has 0 spiro atoms. The van der Waals surface area contributed by atoms with Crippen molar-refractivity contribution >= 4 is 29.9 Å². The lowest BCUT2D eigenvalue weighted by atomic mass is 9.80. The summed E-state index contributed by atoms with van der Waals surface area (Å²) < 4.78 is 4.93. The van der Waals surface area contributed by atoms with Crippen LogP contribution in [0.5, 0.6) is 0 Å². The van der Waals surface area contributed by atoms with Crippen LogP contribution in [0.3, 0.4) is 0 Å². The lowest BCUT2D eigenvalue weighted by Crippen LogP contribution is -2.58. The van der Waals surface area contributed by atoms with Crippen LogP contribution in [0.15, 0.2) is 21.8 Å². The Bertz CT molecular complexity index is 563. The third kappa shape index (κ3) is 5.80. The summed E-state index contributed by atoms with van der Waals surface area (Å²) in [7, 11) is 6.34. The van der Waals surface area contributed by atoms with Gasteiger partial charge in [-0.25, -0.2) is 0 Å². The van der Waals surface area contributed by atoms with E-state index in [1.807, 2.05) is 13.1 Å². The van der Waals surface area contributed by atoms with Gasteiger partial charge in [-0.05, 0) is 26.9 Å². The molecule has 1 saturated heterocycles. The average Bonchev–Trinajstić information content (AvgIpc) is 3.17. The number of guanidine groups is 1. The molecule has 1 aliphatic carbocycles. The van der Waals surface area contributed by atoms with E-state index < -0.39 is 0 Å². The Morgan fingerprint density at radius 2 is 1.93 bits per heavy atom. The van der Waals surface area contributed by atoms with E-state index >= 15 is 0 Å². The third-order valence-corrected chi connectivity index (χ3v) is 6.07. The van der Waals surface area contributed by atoms with Crippen LogP contribution in [0, 0.1) is 0 Å². The van der Waals surface area contributed by atoms with Crippen molar-refractivity contribution in [1.82, 2.24) is 25.2 Å². The van der Waals surface area contributed by atoms with E-state index in [-0.39, 0.29) is 29.5 Å². The summed E-state index contributed by atoms with van der Waals surface area (Å²) in [6.45, 7) is 5.86. The normalized spacial score (nSPS) is 21.2. The van der Waals surface area contributed by atoms with Gasteiger partial charge in [-0.2, -0.15) is 0 Å². The molecule has 1 saturated carbocycles. The number of nitrogens with zero attached hydrogens (tertiary/aromatic N) is 5. The molecule has 1 aliphatic heterocycles. The number of aromatic nitrogens is 1. The molecule has 0 unspecified atom stereocenters. The molecule has 0 radical (unpaired) electrons. The number of aliphatic imine (C=N–C) groups is 1. The maximum absolute atomic E-state index is 4.93. The molecule has 0 bridgehead atoms. The topological polar surface area (TPSA) is 60.1 Å². The highest BCUT2D eigenvalue weighted by molar-refractivity contribution is 14.0. The quantitative estimate of drug-likeness (QED) is 0.388. The minimum absolute atomic E-state index is 0. The van der Waals surface area contributed by atoms with Crippen molar-refractivity contribution in [2.24, 2.45) is 4.99 Å². The van der Waals surface area contributed by atoms with E-state index in [1.165, 1.54) is 32.1 Å². The van der Waals surface area contributed by atoms with Crippen LogP contribution in [0.1, 0.15) is 37.8 Å². The number of likely N-dealkylation sites (N-methyl/N-ethyl adjacent to an activating group) is 1. The minimum atomic E-state index is 0. The van der Waals surface area contributed by atoms with Crippen LogP contribution < -0.4 is 5.32 Å². The summed E-state index contributed by atoms with van der Waals surface area (Å²) in [4.78, 5) is 11.8. The van der Waals surface area contributed by atoms with Gasteiger partial charge >= 0.3 is 0 Å². The molecule has 1 N–H and O–H groups in total. The molecular weight excluding hydrogens is 455 g/mol. The minimum Gasteiger partial charge on any atom is -0.364 e. The Labute approximate surface area is 180 Å². The molecule has 2 heterocycles. The van der Waals surface area contributed by atoms with Crippen molar-refractivity contribution < 1.29 is 4.52 Å². The van der Waals surface area contributed by atoms with E-state index in [0.717, 1.165) is 50.9 Å². The van der Waals surface area contributed by atoms with Gasteiger partial charge in [0.05, 0.1) is 5.69 Å². The maximum Gasteiger partial charge on any atom is 0.193 e. The summed E-state index contributed by atoms with van der Waals surface area (Å²) in [5.74, 6) is 1.04. The van der Waals surface area contributed by atoms with Gasteiger partial charge < -0.3 is 19.6 Å². The van der Waals surface area contributed by atoms with Crippen LogP contribution >= 0.6 is 24.0 Å². The van der Waals surface area contributed by atoms with Gasteiger partial charge in [0.1, 0.15) is 6.26 Å². The Balaban J connectivity index is 0.00000261. The fourth-order valence-corrected chi connectivity index (χ4v) is 4.23. The molecule has 154 valence electrons. The molecular formula is C19H35IN6O. The molecule has 8 heteroatoms. The maximum atomic E-state index is 4.93. The van der Waals surface area contributed by atoms with Crippen LogP contribution in [-0.4, -0.2) is 85.2 Å². The number of nitrogens with one attached hydrogen (secondary N) is 1. The zero-order valence-electron chi connectivity index (χ0n) is 17.0. The largest absolute Gasteiger partial charge is 0.364 e. The molecule has 7 nitrogen and oxygen atoms in total. The van der Waals surface area contributed by atoms with Gasteiger partial charge in [0.15, 0.2) is 5.96 Å². The fourth-order valence-electron chi connectivity index (χ4n) is 4.23. The molecule has 2 aliphatic rings. The summed E-state index contributed by atoms with van der Waals surface area (Å²) in [5, 5.41) is 7.69. The number of hydrogen-bond donors (Lipinski definition) is 1. The van der Waals surface area contributed by atoms with Crippen molar-refractivity contribution in [1.29, 1.82) is 0 Å². The first-order valence-corrected chi connectivity index (χ1v) is 9.88. The van der Waals surface area contributed by atoms with Crippen molar-refractivity contribution in [3.63, 3.8) is 0 Å². The third-order valence-electron chi connectivity index (χ3n) is 6.07. The number of piperazine rings is 1. The zero-order chi connectivity index (χ0) is 18.4. The molecule has 1 aromatic heterocycles. The predicted molar refractivity (Wildman–Crippen MR) is 120 cm³/mol. The molecule has 2 fully saturated rings. The zero-order valence-corrected chi connectivity index (χ0v) is 19.3. The van der Waals surface area contributed by atoms with Gasteiger partial charge in [0.25, 0.3) is 0 Å². The number of halogens is 1. The number of hydrogen-bond acceptors (Lipinski definition) is 5. The van der Waals surface area contributed by atoms with Crippen molar-refractivity contribution in [3.05, 3.63) is 18.0 Å². The van der Waals surface area contributed by atoms with Gasteiger partial charge in [-0.15, -0.1) is 24.0 Å². The first-order valence-electron chi connectivity index (χ1n) is 9.88. The predicted octanol–water partition coefficient (Wildman–Crippen LogP) is 2.25. The van der Waals surface area contributed by atoms with Crippen LogP contribution in [0.2, 0.25) is 0 Å². The van der Waals surface area contributed by atoms with E-state index in [0.29, 0.717) is 0 Å². The molecule has 1 aromatic rings. The highest BCUT2D eigenvalue weighted by Crippen LogP contribution is 2.31. The SMILES string of the molecule is CN=C(NCC1(N(C)C)CCCCC1)N1CCN(Cc2ccon2)CC1.I.